The third kappa shape index (κ3) is 4.75. The number of allylic oxidation sites excluding steroid dienone is 1. The van der Waals surface area contributed by atoms with Gasteiger partial charge in [0, 0.05) is 9.47 Å². The van der Waals surface area contributed by atoms with Crippen molar-refractivity contribution < 1.29 is 4.52 Å². The highest BCUT2D eigenvalue weighted by Crippen LogP contribution is 2.11. The fourth-order valence-electron chi connectivity index (χ4n) is 1.96. The van der Waals surface area contributed by atoms with Gasteiger partial charge in [-0.15, -0.1) is 6.58 Å². The monoisotopic (exact) mass is 266 g/mol. The molecule has 1 atom stereocenters. The van der Waals surface area contributed by atoms with Gasteiger partial charge in [-0.3, -0.25) is 0 Å². The Balaban J connectivity index is 2.64. The Hall–Kier alpha value is -0.433. The van der Waals surface area contributed by atoms with Crippen LogP contribution in [0, 0.1) is 0 Å². The van der Waals surface area contributed by atoms with E-state index < -0.39 is 8.07 Å². The zero-order chi connectivity index (χ0) is 12.7. The lowest BCUT2D eigenvalue weighted by Gasteiger charge is -2.21. The van der Waals surface area contributed by atoms with Crippen LogP contribution in [0.2, 0.25) is 19.1 Å². The SMILES string of the molecule is C=CC[Si](C)(C)c1ccc(CCCOP)cc1. The maximum absolute atomic E-state index is 4.99. The van der Waals surface area contributed by atoms with E-state index in [1.807, 2.05) is 0 Å². The van der Waals surface area contributed by atoms with E-state index in [9.17, 15) is 0 Å². The van der Waals surface area contributed by atoms with Crippen molar-refractivity contribution in [3.63, 3.8) is 0 Å². The number of benzene rings is 1. The molecule has 0 aliphatic heterocycles. The third-order valence-corrected chi connectivity index (χ3v) is 6.56. The Kier molecular flexibility index (Phi) is 6.11. The van der Waals surface area contributed by atoms with Crippen molar-refractivity contribution in [1.82, 2.24) is 0 Å². The van der Waals surface area contributed by atoms with Crippen LogP contribution in [-0.4, -0.2) is 14.7 Å². The van der Waals surface area contributed by atoms with Gasteiger partial charge in [0.05, 0.1) is 14.7 Å². The summed E-state index contributed by atoms with van der Waals surface area (Å²) >= 11 is 0. The van der Waals surface area contributed by atoms with Gasteiger partial charge in [0.1, 0.15) is 0 Å². The van der Waals surface area contributed by atoms with Crippen LogP contribution >= 0.6 is 9.47 Å². The average Bonchev–Trinajstić information content (AvgIpc) is 2.30. The molecule has 94 valence electrons. The molecule has 0 aromatic heterocycles. The second-order valence-corrected chi connectivity index (χ2v) is 10.1. The molecule has 3 heteroatoms. The highest BCUT2D eigenvalue weighted by atomic mass is 31.0. The van der Waals surface area contributed by atoms with Gasteiger partial charge in [-0.2, -0.15) is 0 Å². The molecule has 1 unspecified atom stereocenters. The number of hydrogen-bond acceptors (Lipinski definition) is 1. The van der Waals surface area contributed by atoms with Crippen molar-refractivity contribution in [2.45, 2.75) is 32.0 Å². The summed E-state index contributed by atoms with van der Waals surface area (Å²) in [7, 11) is 1.01. The van der Waals surface area contributed by atoms with Crippen molar-refractivity contribution in [2.75, 3.05) is 6.61 Å². The Labute approximate surface area is 109 Å². The van der Waals surface area contributed by atoms with Crippen LogP contribution in [0.15, 0.2) is 36.9 Å². The van der Waals surface area contributed by atoms with E-state index in [1.165, 1.54) is 10.8 Å². The van der Waals surface area contributed by atoms with E-state index in [-0.39, 0.29) is 0 Å². The summed E-state index contributed by atoms with van der Waals surface area (Å²) in [4.78, 5) is 0. The van der Waals surface area contributed by atoms with Gasteiger partial charge in [0.15, 0.2) is 0 Å². The molecule has 0 fully saturated rings. The van der Waals surface area contributed by atoms with E-state index in [0.717, 1.165) is 25.5 Å². The van der Waals surface area contributed by atoms with E-state index in [1.54, 1.807) is 0 Å². The maximum atomic E-state index is 4.99. The van der Waals surface area contributed by atoms with Crippen LogP contribution < -0.4 is 5.19 Å². The van der Waals surface area contributed by atoms with Crippen LogP contribution in [0.1, 0.15) is 12.0 Å². The first kappa shape index (κ1) is 14.6. The van der Waals surface area contributed by atoms with Gasteiger partial charge in [-0.05, 0) is 24.4 Å². The van der Waals surface area contributed by atoms with E-state index in [0.29, 0.717) is 0 Å². The molecule has 0 radical (unpaired) electrons. The molecule has 0 amide bonds. The van der Waals surface area contributed by atoms with Crippen molar-refractivity contribution in [1.29, 1.82) is 0 Å². The van der Waals surface area contributed by atoms with E-state index in [2.05, 4.69) is 59.5 Å². The standard InChI is InChI=1S/C14H23OPSi/c1-4-12-17(2,3)14-9-7-13(8-10-14)6-5-11-15-16/h4,7-10H,1,5-6,11-12,16H2,2-3H3. The second-order valence-electron chi connectivity index (χ2n) is 5.05. The normalized spacial score (nSPS) is 11.5. The van der Waals surface area contributed by atoms with Gasteiger partial charge >= 0.3 is 0 Å². The van der Waals surface area contributed by atoms with Gasteiger partial charge in [-0.25, -0.2) is 0 Å². The Bertz CT molecular complexity index is 346. The molecule has 1 rings (SSSR count). The predicted octanol–water partition coefficient (Wildman–Crippen LogP) is 3.53. The predicted molar refractivity (Wildman–Crippen MR) is 82.5 cm³/mol. The van der Waals surface area contributed by atoms with Crippen molar-refractivity contribution in [3.8, 4) is 0 Å². The number of rotatable bonds is 7. The van der Waals surface area contributed by atoms with Gasteiger partial charge < -0.3 is 4.52 Å². The van der Waals surface area contributed by atoms with Crippen molar-refractivity contribution >= 4 is 22.7 Å². The molecule has 0 saturated carbocycles. The minimum atomic E-state index is -1.29. The molecule has 0 saturated heterocycles. The molecular formula is C14H23OPSi. The highest BCUT2D eigenvalue weighted by molar-refractivity contribution is 7.09. The van der Waals surface area contributed by atoms with Crippen molar-refractivity contribution in [3.05, 3.63) is 42.5 Å². The zero-order valence-electron chi connectivity index (χ0n) is 10.9. The summed E-state index contributed by atoms with van der Waals surface area (Å²) in [6.45, 7) is 9.46. The van der Waals surface area contributed by atoms with E-state index in [4.69, 9.17) is 4.52 Å². The van der Waals surface area contributed by atoms with Gasteiger partial charge in [0.25, 0.3) is 0 Å². The van der Waals surface area contributed by atoms with Crippen LogP contribution in [0.4, 0.5) is 0 Å². The van der Waals surface area contributed by atoms with Crippen LogP contribution in [-0.2, 0) is 10.9 Å². The lowest BCUT2D eigenvalue weighted by molar-refractivity contribution is 0.363. The Morgan fingerprint density at radius 1 is 1.29 bits per heavy atom. The van der Waals surface area contributed by atoms with Crippen LogP contribution in [0.5, 0.6) is 0 Å². The Morgan fingerprint density at radius 2 is 1.94 bits per heavy atom. The smallest absolute Gasteiger partial charge is 0.0843 e. The largest absolute Gasteiger partial charge is 0.366 e. The summed E-state index contributed by atoms with van der Waals surface area (Å²) in [5.41, 5.74) is 1.40. The molecule has 1 aromatic carbocycles. The maximum Gasteiger partial charge on any atom is 0.0843 e. The fraction of sp³-hybridized carbons (Fsp3) is 0.429. The molecule has 0 bridgehead atoms. The molecule has 0 heterocycles. The molecule has 0 aliphatic carbocycles. The lowest BCUT2D eigenvalue weighted by Crippen LogP contribution is -2.40. The van der Waals surface area contributed by atoms with Gasteiger partial charge in [0.2, 0.25) is 0 Å². The molecule has 0 aliphatic rings. The van der Waals surface area contributed by atoms with Gasteiger partial charge in [-0.1, -0.05) is 48.6 Å². The third-order valence-electron chi connectivity index (χ3n) is 3.12. The molecule has 1 aromatic rings. The molecule has 1 nitrogen and oxygen atoms in total. The summed E-state index contributed by atoms with van der Waals surface area (Å²) in [6.07, 6.45) is 4.23. The van der Waals surface area contributed by atoms with Crippen LogP contribution in [0.25, 0.3) is 0 Å². The summed E-state index contributed by atoms with van der Waals surface area (Å²) in [6, 6.07) is 10.3. The Morgan fingerprint density at radius 3 is 2.47 bits per heavy atom. The first-order valence-corrected chi connectivity index (χ1v) is 9.80. The molecule has 17 heavy (non-hydrogen) atoms. The van der Waals surface area contributed by atoms with Crippen LogP contribution in [0.3, 0.4) is 0 Å². The summed E-state index contributed by atoms with van der Waals surface area (Å²) in [5.74, 6) is 0. The van der Waals surface area contributed by atoms with E-state index >= 15 is 0 Å². The molecule has 0 N–H and O–H groups in total. The van der Waals surface area contributed by atoms with Crippen molar-refractivity contribution in [2.24, 2.45) is 0 Å². The topological polar surface area (TPSA) is 9.23 Å². The first-order chi connectivity index (χ1) is 8.10. The lowest BCUT2D eigenvalue weighted by atomic mass is 10.1. The molecular weight excluding hydrogens is 243 g/mol. The minimum absolute atomic E-state index is 0.809. The fourth-order valence-corrected chi connectivity index (χ4v) is 4.15. The summed E-state index contributed by atoms with van der Waals surface area (Å²) in [5, 5.41) is 1.52. The highest BCUT2D eigenvalue weighted by Gasteiger charge is 2.20. The minimum Gasteiger partial charge on any atom is -0.366 e. The quantitative estimate of drug-likeness (QED) is 0.317. The molecule has 0 spiro atoms. The zero-order valence-corrected chi connectivity index (χ0v) is 13.1. The number of hydrogen-bond donors (Lipinski definition) is 0. The average molecular weight is 266 g/mol. The first-order valence-electron chi connectivity index (χ1n) is 6.12. The summed E-state index contributed by atoms with van der Waals surface area (Å²) < 4.78 is 4.99. The number of aryl methyl sites for hydroxylation is 1. The second kappa shape index (κ2) is 7.10.